The molecule has 7 rings (SSSR count). The highest BCUT2D eigenvalue weighted by molar-refractivity contribution is 7.74. The topological polar surface area (TPSA) is 101 Å². The van der Waals surface area contributed by atoms with Crippen LogP contribution in [-0.4, -0.2) is 55.1 Å². The van der Waals surface area contributed by atoms with E-state index in [0.29, 0.717) is 53.5 Å². The number of hydrogen-bond acceptors (Lipinski definition) is 7. The molecule has 1 unspecified atom stereocenters. The number of carbonyl (C=O) groups is 1. The lowest BCUT2D eigenvalue weighted by atomic mass is 9.91. The first kappa shape index (κ1) is 27.7. The minimum atomic E-state index is -3.17. The molecule has 1 saturated heterocycles. The van der Waals surface area contributed by atoms with Crippen molar-refractivity contribution in [3.63, 3.8) is 0 Å². The van der Waals surface area contributed by atoms with Crippen molar-refractivity contribution >= 4 is 64.7 Å². The monoisotopic (exact) mass is 627 g/mol. The number of nitrogens with zero attached hydrogens (tertiary/aromatic N) is 5. The standard InChI is InChI=1S/C29H28Cl2N5O5P/c30-24-10-9-22(18-25(24)31)35-29(37)41-28-23-4-2-12-33-11-1-3-19(27(23)33)17-26(28)42(35,34-13-15-40-16-14-34)32-20-5-7-21(8-6-20)36(38)39/h5-10,17-18H,1-4,11-16H2. The summed E-state index contributed by atoms with van der Waals surface area (Å²) in [7, 11) is -3.17. The molecule has 0 aromatic heterocycles. The largest absolute Gasteiger partial charge is 0.425 e. The summed E-state index contributed by atoms with van der Waals surface area (Å²) >= 11 is 12.8. The minimum absolute atomic E-state index is 0.0314. The molecule has 1 amide bonds. The molecule has 0 saturated carbocycles. The Morgan fingerprint density at radius 2 is 1.67 bits per heavy atom. The third kappa shape index (κ3) is 4.48. The van der Waals surface area contributed by atoms with Crippen molar-refractivity contribution < 1.29 is 19.2 Å². The van der Waals surface area contributed by atoms with Gasteiger partial charge >= 0.3 is 6.09 Å². The smallest absolute Gasteiger partial charge is 0.408 e. The second-order valence-corrected chi connectivity index (χ2v) is 14.3. The van der Waals surface area contributed by atoms with Gasteiger partial charge in [-0.15, -0.1) is 0 Å². The molecule has 1 fully saturated rings. The predicted octanol–water partition coefficient (Wildman–Crippen LogP) is 6.94. The number of aryl methyl sites for hydroxylation is 1. The number of nitro groups is 1. The zero-order valence-corrected chi connectivity index (χ0v) is 25.1. The number of nitro benzene ring substituents is 1. The van der Waals surface area contributed by atoms with Crippen LogP contribution in [0.25, 0.3) is 0 Å². The fourth-order valence-corrected chi connectivity index (χ4v) is 10.5. The number of benzene rings is 3. The lowest BCUT2D eigenvalue weighted by Crippen LogP contribution is -2.50. The molecule has 0 spiro atoms. The third-order valence-corrected chi connectivity index (χ3v) is 12.6. The number of rotatable bonds is 4. The van der Waals surface area contributed by atoms with Crippen molar-refractivity contribution in [2.75, 3.05) is 49.0 Å². The third-order valence-electron chi connectivity index (χ3n) is 8.26. The maximum Gasteiger partial charge on any atom is 0.425 e. The van der Waals surface area contributed by atoms with Crippen LogP contribution in [0.2, 0.25) is 10.0 Å². The van der Waals surface area contributed by atoms with Crippen LogP contribution in [0.3, 0.4) is 0 Å². The molecular weight excluding hydrogens is 600 g/mol. The predicted molar refractivity (Wildman–Crippen MR) is 164 cm³/mol. The van der Waals surface area contributed by atoms with Gasteiger partial charge in [0.05, 0.1) is 44.9 Å². The molecule has 4 heterocycles. The molecule has 3 aromatic rings. The first-order valence-electron chi connectivity index (χ1n) is 14.0. The average molecular weight is 628 g/mol. The second kappa shape index (κ2) is 10.8. The number of anilines is 2. The van der Waals surface area contributed by atoms with E-state index in [1.54, 1.807) is 35.0 Å². The van der Waals surface area contributed by atoms with Gasteiger partial charge in [0.1, 0.15) is 5.75 Å². The van der Waals surface area contributed by atoms with Crippen molar-refractivity contribution in [1.82, 2.24) is 4.67 Å². The zero-order valence-electron chi connectivity index (χ0n) is 22.7. The SMILES string of the molecule is O=C1Oc2c(cc3c4c2CCCN4CCC3)P(=Nc2ccc([N+](=O)[O-])cc2)(N2CCOCC2)N1c1ccc(Cl)c(Cl)c1. The molecule has 1 atom stereocenters. The van der Waals surface area contributed by atoms with Crippen LogP contribution >= 0.6 is 30.6 Å². The second-order valence-electron chi connectivity index (χ2n) is 10.7. The van der Waals surface area contributed by atoms with Gasteiger partial charge in [0, 0.05) is 49.6 Å². The van der Waals surface area contributed by atoms with Crippen LogP contribution in [0.4, 0.5) is 27.5 Å². The van der Waals surface area contributed by atoms with Gasteiger partial charge in [-0.25, -0.2) is 18.9 Å². The van der Waals surface area contributed by atoms with Crippen LogP contribution < -0.4 is 19.6 Å². The molecule has 218 valence electrons. The van der Waals surface area contributed by atoms with Crippen molar-refractivity contribution in [3.05, 3.63) is 79.8 Å². The highest BCUT2D eigenvalue weighted by atomic mass is 35.5. The summed E-state index contributed by atoms with van der Waals surface area (Å²) in [5.74, 6) is 0.590. The highest BCUT2D eigenvalue weighted by Crippen LogP contribution is 2.64. The van der Waals surface area contributed by atoms with Crippen molar-refractivity contribution in [3.8, 4) is 5.75 Å². The van der Waals surface area contributed by atoms with E-state index in [9.17, 15) is 14.9 Å². The van der Waals surface area contributed by atoms with E-state index in [1.807, 2.05) is 0 Å². The molecule has 13 heteroatoms. The fraction of sp³-hybridized carbons (Fsp3) is 0.345. The summed E-state index contributed by atoms with van der Waals surface area (Å²) in [5, 5.41) is 13.0. The Hall–Kier alpha value is -3.14. The number of morpholine rings is 1. The van der Waals surface area contributed by atoms with E-state index < -0.39 is 18.4 Å². The summed E-state index contributed by atoms with van der Waals surface area (Å²) in [6, 6.07) is 13.4. The van der Waals surface area contributed by atoms with Crippen LogP contribution in [0.5, 0.6) is 5.75 Å². The van der Waals surface area contributed by atoms with E-state index >= 15 is 0 Å². The van der Waals surface area contributed by atoms with Gasteiger partial charge in [0.25, 0.3) is 5.69 Å². The Morgan fingerprint density at radius 1 is 0.929 bits per heavy atom. The van der Waals surface area contributed by atoms with Gasteiger partial charge in [-0.05, 0) is 67.6 Å². The van der Waals surface area contributed by atoms with Gasteiger partial charge in [-0.2, -0.15) is 0 Å². The molecule has 42 heavy (non-hydrogen) atoms. The van der Waals surface area contributed by atoms with Crippen molar-refractivity contribution in [1.29, 1.82) is 0 Å². The first-order valence-corrected chi connectivity index (χ1v) is 16.4. The summed E-state index contributed by atoms with van der Waals surface area (Å²) < 4.78 is 21.4. The Bertz CT molecular complexity index is 1660. The first-order chi connectivity index (χ1) is 20.4. The molecule has 0 bridgehead atoms. The molecule has 3 aromatic carbocycles. The minimum Gasteiger partial charge on any atom is -0.408 e. The zero-order chi connectivity index (χ0) is 29.0. The van der Waals surface area contributed by atoms with E-state index in [2.05, 4.69) is 15.6 Å². The fourth-order valence-electron chi connectivity index (χ4n) is 6.46. The average Bonchev–Trinajstić information content (AvgIpc) is 3.00. The van der Waals surface area contributed by atoms with Gasteiger partial charge in [-0.1, -0.05) is 23.2 Å². The number of amides is 1. The summed E-state index contributed by atoms with van der Waals surface area (Å²) in [4.78, 5) is 27.7. The quantitative estimate of drug-likeness (QED) is 0.175. The molecule has 0 N–H and O–H groups in total. The maximum absolute atomic E-state index is 14.3. The summed E-state index contributed by atoms with van der Waals surface area (Å²) in [6.45, 7) is 3.99. The van der Waals surface area contributed by atoms with E-state index in [0.717, 1.165) is 49.6 Å². The number of halogens is 2. The van der Waals surface area contributed by atoms with Gasteiger partial charge in [0.15, 0.2) is 7.36 Å². The number of ether oxygens (including phenoxy) is 2. The molecule has 10 nitrogen and oxygen atoms in total. The van der Waals surface area contributed by atoms with Crippen molar-refractivity contribution in [2.24, 2.45) is 4.74 Å². The molecular formula is C29H28Cl2N5O5P. The molecule has 0 radical (unpaired) electrons. The van der Waals surface area contributed by atoms with E-state index in [-0.39, 0.29) is 5.69 Å². The van der Waals surface area contributed by atoms with Gasteiger partial charge in [-0.3, -0.25) is 10.1 Å². The molecule has 4 aliphatic heterocycles. The number of carbonyl (C=O) groups excluding carboxylic acids is 1. The maximum atomic E-state index is 14.3. The molecule has 0 aliphatic carbocycles. The molecule has 4 aliphatic rings. The number of fused-ring (bicyclic) bond motifs is 2. The Balaban J connectivity index is 1.57. The van der Waals surface area contributed by atoms with Crippen molar-refractivity contribution in [2.45, 2.75) is 25.7 Å². The Morgan fingerprint density at radius 3 is 2.38 bits per heavy atom. The summed E-state index contributed by atoms with van der Waals surface area (Å²) in [6.07, 6.45) is 3.20. The van der Waals surface area contributed by atoms with E-state index in [4.69, 9.17) is 37.4 Å². The highest BCUT2D eigenvalue weighted by Gasteiger charge is 2.49. The number of hydrogen-bond donors (Lipinski definition) is 0. The summed E-state index contributed by atoms with van der Waals surface area (Å²) in [5.41, 5.74) is 4.50. The van der Waals surface area contributed by atoms with E-state index in [1.165, 1.54) is 23.4 Å². The van der Waals surface area contributed by atoms with Crippen LogP contribution in [0, 0.1) is 10.1 Å². The Kier molecular flexibility index (Phi) is 7.15. The van der Waals surface area contributed by atoms with Gasteiger partial charge in [0.2, 0.25) is 0 Å². The lowest BCUT2D eigenvalue weighted by Gasteiger charge is -2.49. The lowest BCUT2D eigenvalue weighted by molar-refractivity contribution is -0.384. The van der Waals surface area contributed by atoms with Crippen LogP contribution in [0.15, 0.2) is 53.3 Å². The Labute approximate surface area is 253 Å². The van der Waals surface area contributed by atoms with Gasteiger partial charge < -0.3 is 14.4 Å². The van der Waals surface area contributed by atoms with Crippen LogP contribution in [-0.2, 0) is 17.6 Å². The van der Waals surface area contributed by atoms with Crippen LogP contribution in [0.1, 0.15) is 24.0 Å². The normalized spacial score (nSPS) is 21.8. The number of non-ortho nitro benzene ring substituents is 1.